The van der Waals surface area contributed by atoms with Crippen LogP contribution in [-0.2, 0) is 11.2 Å². The van der Waals surface area contributed by atoms with Crippen molar-refractivity contribution in [2.45, 2.75) is 20.3 Å². The van der Waals surface area contributed by atoms with E-state index in [4.69, 9.17) is 0 Å². The second kappa shape index (κ2) is 3.25. The van der Waals surface area contributed by atoms with Crippen LogP contribution in [0.1, 0.15) is 19.4 Å². The molecule has 1 heterocycles. The van der Waals surface area contributed by atoms with Crippen molar-refractivity contribution in [3.8, 4) is 0 Å². The Labute approximate surface area is 83.0 Å². The number of fused-ring (bicyclic) bond motifs is 1. The molecule has 2 rings (SSSR count). The van der Waals surface area contributed by atoms with Crippen molar-refractivity contribution < 1.29 is 4.79 Å². The van der Waals surface area contributed by atoms with Crippen molar-refractivity contribution in [2.24, 2.45) is 5.10 Å². The molecule has 0 unspecified atom stereocenters. The third-order valence-corrected chi connectivity index (χ3v) is 2.10. The predicted octanol–water partition coefficient (Wildman–Crippen LogP) is 1.97. The quantitative estimate of drug-likeness (QED) is 0.620. The first-order valence-corrected chi connectivity index (χ1v) is 4.61. The number of hydrogen-bond acceptors (Lipinski definition) is 2. The normalized spacial score (nSPS) is 14.1. The highest BCUT2D eigenvalue weighted by atomic mass is 16.2. The molecule has 0 saturated heterocycles. The summed E-state index contributed by atoms with van der Waals surface area (Å²) in [6.45, 7) is 3.77. The van der Waals surface area contributed by atoms with Gasteiger partial charge >= 0.3 is 0 Å². The molecule has 0 fully saturated rings. The molecule has 0 saturated carbocycles. The summed E-state index contributed by atoms with van der Waals surface area (Å²) in [5, 5.41) is 5.69. The Bertz CT molecular complexity index is 406. The van der Waals surface area contributed by atoms with Gasteiger partial charge in [-0.05, 0) is 25.5 Å². The Morgan fingerprint density at radius 3 is 2.79 bits per heavy atom. The van der Waals surface area contributed by atoms with Crippen molar-refractivity contribution in [2.75, 3.05) is 5.01 Å². The van der Waals surface area contributed by atoms with Crippen LogP contribution in [-0.4, -0.2) is 11.6 Å². The zero-order valence-electron chi connectivity index (χ0n) is 8.32. The molecule has 0 bridgehead atoms. The highest BCUT2D eigenvalue weighted by Crippen LogP contribution is 2.28. The summed E-state index contributed by atoms with van der Waals surface area (Å²) in [6.07, 6.45) is 0.465. The molecule has 0 aromatic heterocycles. The van der Waals surface area contributed by atoms with E-state index in [0.717, 1.165) is 17.0 Å². The maximum atomic E-state index is 11.6. The number of benzene rings is 1. The molecule has 3 heteroatoms. The van der Waals surface area contributed by atoms with Gasteiger partial charge in [0, 0.05) is 5.71 Å². The van der Waals surface area contributed by atoms with Crippen LogP contribution in [0, 0.1) is 0 Å². The highest BCUT2D eigenvalue weighted by molar-refractivity contribution is 6.02. The maximum Gasteiger partial charge on any atom is 0.251 e. The van der Waals surface area contributed by atoms with Gasteiger partial charge in [0.15, 0.2) is 0 Å². The van der Waals surface area contributed by atoms with Crippen LogP contribution in [0.25, 0.3) is 0 Å². The average Bonchev–Trinajstić information content (AvgIpc) is 2.43. The minimum atomic E-state index is 0.0485. The van der Waals surface area contributed by atoms with Crippen LogP contribution < -0.4 is 5.01 Å². The number of nitrogens with zero attached hydrogens (tertiary/aromatic N) is 2. The van der Waals surface area contributed by atoms with E-state index in [1.807, 2.05) is 38.1 Å². The van der Waals surface area contributed by atoms with Gasteiger partial charge in [0.2, 0.25) is 0 Å². The first-order valence-electron chi connectivity index (χ1n) is 4.61. The van der Waals surface area contributed by atoms with Crippen LogP contribution in [0.5, 0.6) is 0 Å². The summed E-state index contributed by atoms with van der Waals surface area (Å²) in [7, 11) is 0. The number of carbonyl (C=O) groups is 1. The summed E-state index contributed by atoms with van der Waals surface area (Å²) in [5.74, 6) is 0.0485. The Hall–Kier alpha value is -1.64. The number of anilines is 1. The van der Waals surface area contributed by atoms with E-state index < -0.39 is 0 Å². The van der Waals surface area contributed by atoms with Crippen LogP contribution in [0.15, 0.2) is 29.4 Å². The molecule has 0 radical (unpaired) electrons. The molecule has 0 atom stereocenters. The minimum Gasteiger partial charge on any atom is -0.272 e. The van der Waals surface area contributed by atoms with Crippen LogP contribution in [0.4, 0.5) is 5.69 Å². The number of para-hydroxylation sites is 1. The molecule has 3 nitrogen and oxygen atoms in total. The van der Waals surface area contributed by atoms with Crippen LogP contribution in [0.3, 0.4) is 0 Å². The van der Waals surface area contributed by atoms with E-state index in [2.05, 4.69) is 5.10 Å². The first kappa shape index (κ1) is 8.94. The van der Waals surface area contributed by atoms with E-state index in [1.165, 1.54) is 5.01 Å². The SMILES string of the molecule is CC(C)=NN1C(=O)Cc2ccccc21. The lowest BCUT2D eigenvalue weighted by Crippen LogP contribution is -2.21. The van der Waals surface area contributed by atoms with Crippen molar-refractivity contribution in [3.63, 3.8) is 0 Å². The first-order chi connectivity index (χ1) is 6.68. The molecule has 14 heavy (non-hydrogen) atoms. The fourth-order valence-corrected chi connectivity index (χ4v) is 1.55. The van der Waals surface area contributed by atoms with Gasteiger partial charge in [0.05, 0.1) is 12.1 Å². The van der Waals surface area contributed by atoms with Crippen molar-refractivity contribution >= 4 is 17.3 Å². The van der Waals surface area contributed by atoms with Gasteiger partial charge in [-0.25, -0.2) is 5.01 Å². The highest BCUT2D eigenvalue weighted by Gasteiger charge is 2.26. The molecule has 0 aliphatic carbocycles. The van der Waals surface area contributed by atoms with E-state index in [1.54, 1.807) is 0 Å². The van der Waals surface area contributed by atoms with Crippen molar-refractivity contribution in [3.05, 3.63) is 29.8 Å². The summed E-state index contributed by atoms with van der Waals surface area (Å²) < 4.78 is 0. The standard InChI is InChI=1S/C11H12N2O/c1-8(2)12-13-10-6-4-3-5-9(10)7-11(13)14/h3-6H,7H2,1-2H3. The molecule has 1 amide bonds. The van der Waals surface area contributed by atoms with Gasteiger partial charge in [-0.1, -0.05) is 18.2 Å². The molecule has 0 N–H and O–H groups in total. The Morgan fingerprint density at radius 2 is 2.07 bits per heavy atom. The number of hydrogen-bond donors (Lipinski definition) is 0. The number of carbonyl (C=O) groups excluding carboxylic acids is 1. The maximum absolute atomic E-state index is 11.6. The lowest BCUT2D eigenvalue weighted by atomic mass is 10.2. The fraction of sp³-hybridized carbons (Fsp3) is 0.273. The van der Waals surface area contributed by atoms with E-state index in [-0.39, 0.29) is 5.91 Å². The molecule has 1 aliphatic rings. The molecule has 1 aliphatic heterocycles. The Balaban J connectivity index is 2.45. The van der Waals surface area contributed by atoms with Gasteiger partial charge in [-0.3, -0.25) is 4.79 Å². The van der Waals surface area contributed by atoms with Gasteiger partial charge in [-0.2, -0.15) is 5.10 Å². The van der Waals surface area contributed by atoms with Gasteiger partial charge < -0.3 is 0 Å². The third kappa shape index (κ3) is 1.41. The molecular weight excluding hydrogens is 176 g/mol. The van der Waals surface area contributed by atoms with E-state index >= 15 is 0 Å². The number of hydrazone groups is 1. The number of rotatable bonds is 1. The smallest absolute Gasteiger partial charge is 0.251 e. The fourth-order valence-electron chi connectivity index (χ4n) is 1.55. The minimum absolute atomic E-state index is 0.0485. The van der Waals surface area contributed by atoms with E-state index in [0.29, 0.717) is 6.42 Å². The monoisotopic (exact) mass is 188 g/mol. The predicted molar refractivity (Wildman–Crippen MR) is 56.4 cm³/mol. The second-order valence-corrected chi connectivity index (χ2v) is 3.56. The van der Waals surface area contributed by atoms with E-state index in [9.17, 15) is 4.79 Å². The number of amides is 1. The van der Waals surface area contributed by atoms with Gasteiger partial charge in [-0.15, -0.1) is 0 Å². The third-order valence-electron chi connectivity index (χ3n) is 2.10. The summed E-state index contributed by atoms with van der Waals surface area (Å²) >= 11 is 0. The zero-order chi connectivity index (χ0) is 10.1. The average molecular weight is 188 g/mol. The molecule has 0 spiro atoms. The van der Waals surface area contributed by atoms with Crippen LogP contribution in [0.2, 0.25) is 0 Å². The topological polar surface area (TPSA) is 32.7 Å². The Morgan fingerprint density at radius 1 is 1.36 bits per heavy atom. The van der Waals surface area contributed by atoms with Crippen LogP contribution >= 0.6 is 0 Å². The molecular formula is C11H12N2O. The molecule has 1 aromatic carbocycles. The lowest BCUT2D eigenvalue weighted by Gasteiger charge is -2.10. The van der Waals surface area contributed by atoms with Crippen molar-refractivity contribution in [1.82, 2.24) is 0 Å². The largest absolute Gasteiger partial charge is 0.272 e. The lowest BCUT2D eigenvalue weighted by molar-refractivity contribution is -0.117. The van der Waals surface area contributed by atoms with Gasteiger partial charge in [0.25, 0.3) is 5.91 Å². The molecule has 72 valence electrons. The molecule has 1 aromatic rings. The second-order valence-electron chi connectivity index (χ2n) is 3.56. The van der Waals surface area contributed by atoms with Crippen molar-refractivity contribution in [1.29, 1.82) is 0 Å². The summed E-state index contributed by atoms with van der Waals surface area (Å²) in [4.78, 5) is 11.6. The zero-order valence-corrected chi connectivity index (χ0v) is 8.32. The summed E-state index contributed by atoms with van der Waals surface area (Å²) in [5.41, 5.74) is 2.86. The van der Waals surface area contributed by atoms with Gasteiger partial charge in [0.1, 0.15) is 0 Å². The Kier molecular flexibility index (Phi) is 2.08. The summed E-state index contributed by atoms with van der Waals surface area (Å²) in [6, 6.07) is 7.75.